The van der Waals surface area contributed by atoms with Crippen LogP contribution in [0.1, 0.15) is 0 Å². The van der Waals surface area contributed by atoms with Gasteiger partial charge >= 0.3 is 5.97 Å². The lowest BCUT2D eigenvalue weighted by Gasteiger charge is -2.01. The smallest absolute Gasteiger partial charge is 0.315 e. The van der Waals surface area contributed by atoms with Crippen molar-refractivity contribution in [2.24, 2.45) is 0 Å². The maximum Gasteiger partial charge on any atom is 0.315 e. The van der Waals surface area contributed by atoms with Gasteiger partial charge in [-0.05, 0) is 6.58 Å². The average Bonchev–Trinajstić information content (AvgIpc) is 2.17. The minimum Gasteiger partial charge on any atom is -0.468 e. The molecule has 0 fully saturated rings. The molecule has 0 atom stereocenters. The van der Waals surface area contributed by atoms with E-state index in [2.05, 4.69) is 16.1 Å². The molecule has 80 valence electrons. The maximum atomic E-state index is 10.7. The first-order valence-corrected chi connectivity index (χ1v) is 5.91. The molecule has 14 heavy (non-hydrogen) atoms. The summed E-state index contributed by atoms with van der Waals surface area (Å²) in [6.07, 6.45) is 0. The van der Waals surface area contributed by atoms with Crippen molar-refractivity contribution in [2.75, 3.05) is 24.4 Å². The monoisotopic (exact) mass is 236 g/mol. The Bertz CT molecular complexity index is 206. The Hall–Kier alpha value is -0.620. The third-order valence-corrected chi connectivity index (χ3v) is 3.14. The Morgan fingerprint density at radius 2 is 2.21 bits per heavy atom. The van der Waals surface area contributed by atoms with Gasteiger partial charge in [0.15, 0.2) is 5.09 Å². The van der Waals surface area contributed by atoms with E-state index in [0.29, 0.717) is 17.3 Å². The number of esters is 1. The maximum absolute atomic E-state index is 10.7. The highest BCUT2D eigenvalue weighted by atomic mass is 32.2. The van der Waals surface area contributed by atoms with Crippen LogP contribution in [0.4, 0.5) is 0 Å². The molecule has 0 aliphatic rings. The van der Waals surface area contributed by atoms with Gasteiger partial charge < -0.3 is 9.47 Å². The second-order valence-corrected chi connectivity index (χ2v) is 4.32. The van der Waals surface area contributed by atoms with Crippen LogP contribution in [-0.4, -0.2) is 36.8 Å². The number of hydrogen-bond acceptors (Lipinski definition) is 6. The second kappa shape index (κ2) is 8.96. The zero-order valence-electron chi connectivity index (χ0n) is 7.86. The second-order valence-electron chi connectivity index (χ2n) is 2.06. The van der Waals surface area contributed by atoms with Crippen LogP contribution < -0.4 is 0 Å². The van der Waals surface area contributed by atoms with Gasteiger partial charge in [0.25, 0.3) is 6.47 Å². The van der Waals surface area contributed by atoms with Gasteiger partial charge in [0.2, 0.25) is 0 Å². The summed E-state index contributed by atoms with van der Waals surface area (Å²) in [6, 6.07) is 0. The summed E-state index contributed by atoms with van der Waals surface area (Å²) < 4.78 is 8.94. The van der Waals surface area contributed by atoms with Gasteiger partial charge in [0.1, 0.15) is 0 Å². The van der Waals surface area contributed by atoms with Crippen molar-refractivity contribution >= 4 is 36.0 Å². The number of hydrogen-bond donors (Lipinski definition) is 0. The Balaban J connectivity index is 3.25. The molecule has 4 nitrogen and oxygen atoms in total. The highest BCUT2D eigenvalue weighted by Gasteiger charge is 2.00. The van der Waals surface area contributed by atoms with E-state index in [1.807, 2.05) is 0 Å². The summed E-state index contributed by atoms with van der Waals surface area (Å²) in [5, 5.41) is 0.374. The number of methoxy groups -OCH3 is 1. The summed E-state index contributed by atoms with van der Waals surface area (Å²) in [7, 11) is 1.36. The minimum atomic E-state index is -0.233. The molecule has 6 heteroatoms. The summed E-state index contributed by atoms with van der Waals surface area (Å²) in [5.74, 6) is 1.64. The Labute approximate surface area is 91.4 Å². The van der Waals surface area contributed by atoms with Crippen LogP contribution in [0.5, 0.6) is 0 Å². The number of thioether (sulfide) groups is 2. The molecule has 0 aromatic carbocycles. The van der Waals surface area contributed by atoms with Gasteiger partial charge in [-0.15, -0.1) is 11.8 Å². The van der Waals surface area contributed by atoms with E-state index in [4.69, 9.17) is 0 Å². The SMILES string of the molecule is C=C(OC=O)SCCSCC(=O)OC. The summed E-state index contributed by atoms with van der Waals surface area (Å²) >= 11 is 2.81. The quantitative estimate of drug-likeness (QED) is 0.274. The van der Waals surface area contributed by atoms with Crippen molar-refractivity contribution in [3.05, 3.63) is 11.7 Å². The predicted molar refractivity (Wildman–Crippen MR) is 58.1 cm³/mol. The Kier molecular flexibility index (Phi) is 8.56. The average molecular weight is 236 g/mol. The molecule has 0 saturated carbocycles. The first-order chi connectivity index (χ1) is 6.70. The molecule has 0 rings (SSSR count). The van der Waals surface area contributed by atoms with Gasteiger partial charge in [0.05, 0.1) is 12.9 Å². The topological polar surface area (TPSA) is 52.6 Å². The van der Waals surface area contributed by atoms with E-state index in [9.17, 15) is 9.59 Å². The largest absolute Gasteiger partial charge is 0.468 e. The fourth-order valence-electron chi connectivity index (χ4n) is 0.517. The van der Waals surface area contributed by atoms with Crippen molar-refractivity contribution in [1.82, 2.24) is 0 Å². The third-order valence-electron chi connectivity index (χ3n) is 1.12. The molecular formula is C8H12O4S2. The fraction of sp³-hybridized carbons (Fsp3) is 0.500. The van der Waals surface area contributed by atoms with Crippen molar-refractivity contribution in [3.8, 4) is 0 Å². The first-order valence-electron chi connectivity index (χ1n) is 3.77. The Morgan fingerprint density at radius 1 is 1.50 bits per heavy atom. The van der Waals surface area contributed by atoms with Crippen molar-refractivity contribution in [1.29, 1.82) is 0 Å². The summed E-state index contributed by atoms with van der Waals surface area (Å²) in [6.45, 7) is 3.85. The van der Waals surface area contributed by atoms with Crippen LogP contribution >= 0.6 is 23.5 Å². The molecule has 0 aromatic heterocycles. The van der Waals surface area contributed by atoms with Gasteiger partial charge in [-0.25, -0.2) is 0 Å². The lowest BCUT2D eigenvalue weighted by atomic mass is 10.8. The molecule has 0 heterocycles. The van der Waals surface area contributed by atoms with E-state index >= 15 is 0 Å². The summed E-state index contributed by atoms with van der Waals surface area (Å²) in [4.78, 5) is 20.5. The third kappa shape index (κ3) is 8.00. The highest BCUT2D eigenvalue weighted by Crippen LogP contribution is 2.15. The van der Waals surface area contributed by atoms with E-state index in [1.54, 1.807) is 0 Å². The van der Waals surface area contributed by atoms with Crippen LogP contribution in [0.15, 0.2) is 11.7 Å². The zero-order chi connectivity index (χ0) is 10.8. The molecule has 0 unspecified atom stereocenters. The van der Waals surface area contributed by atoms with Crippen LogP contribution in [-0.2, 0) is 19.1 Å². The molecule has 0 spiro atoms. The highest BCUT2D eigenvalue weighted by molar-refractivity contribution is 8.05. The predicted octanol–water partition coefficient (Wildman–Crippen LogP) is 1.27. The van der Waals surface area contributed by atoms with Gasteiger partial charge in [0, 0.05) is 11.5 Å². The Morgan fingerprint density at radius 3 is 2.79 bits per heavy atom. The normalized spacial score (nSPS) is 9.21. The molecule has 0 saturated heterocycles. The molecule has 0 bridgehead atoms. The number of carbonyl (C=O) groups excluding carboxylic acids is 2. The molecule has 0 radical (unpaired) electrons. The first kappa shape index (κ1) is 13.4. The van der Waals surface area contributed by atoms with Crippen LogP contribution in [0.25, 0.3) is 0 Å². The lowest BCUT2D eigenvalue weighted by Crippen LogP contribution is -2.04. The van der Waals surface area contributed by atoms with Crippen molar-refractivity contribution in [2.45, 2.75) is 0 Å². The van der Waals surface area contributed by atoms with E-state index < -0.39 is 0 Å². The standard InChI is InChI=1S/C8H12O4S2/c1-7(12-6-9)14-4-3-13-5-8(10)11-2/h6H,1,3-5H2,2H3. The van der Waals surface area contributed by atoms with Gasteiger partial charge in [-0.1, -0.05) is 11.8 Å². The van der Waals surface area contributed by atoms with Gasteiger partial charge in [-0.2, -0.15) is 0 Å². The fourth-order valence-corrected chi connectivity index (χ4v) is 2.09. The minimum absolute atomic E-state index is 0.233. The van der Waals surface area contributed by atoms with Crippen molar-refractivity contribution < 1.29 is 19.1 Å². The van der Waals surface area contributed by atoms with Crippen molar-refractivity contribution in [3.63, 3.8) is 0 Å². The molecule has 0 aliphatic carbocycles. The zero-order valence-corrected chi connectivity index (χ0v) is 9.49. The van der Waals surface area contributed by atoms with Crippen LogP contribution in [0.2, 0.25) is 0 Å². The molecule has 0 N–H and O–H groups in total. The lowest BCUT2D eigenvalue weighted by molar-refractivity contribution is -0.137. The van der Waals surface area contributed by atoms with E-state index in [0.717, 1.165) is 11.5 Å². The van der Waals surface area contributed by atoms with E-state index in [1.165, 1.54) is 30.6 Å². The number of carbonyl (C=O) groups is 2. The number of ether oxygens (including phenoxy) is 2. The molecular weight excluding hydrogens is 224 g/mol. The molecule has 0 aliphatic heterocycles. The van der Waals surface area contributed by atoms with E-state index in [-0.39, 0.29) is 5.97 Å². The number of rotatable bonds is 8. The van der Waals surface area contributed by atoms with Crippen LogP contribution in [0.3, 0.4) is 0 Å². The summed E-state index contributed by atoms with van der Waals surface area (Å²) in [5.41, 5.74) is 0. The van der Waals surface area contributed by atoms with Crippen LogP contribution in [0, 0.1) is 0 Å². The molecule has 0 amide bonds. The van der Waals surface area contributed by atoms with Gasteiger partial charge in [-0.3, -0.25) is 9.59 Å². The molecule has 0 aromatic rings.